The Kier molecular flexibility index (Phi) is 5.89. The Morgan fingerprint density at radius 3 is 2.66 bits per heavy atom. The third-order valence-corrected chi connectivity index (χ3v) is 5.79. The van der Waals surface area contributed by atoms with Crippen molar-refractivity contribution < 1.29 is 9.59 Å². The van der Waals surface area contributed by atoms with Crippen LogP contribution in [0.25, 0.3) is 0 Å². The molecule has 2 aromatic heterocycles. The van der Waals surface area contributed by atoms with Crippen LogP contribution in [-0.2, 0) is 19.5 Å². The van der Waals surface area contributed by atoms with Gasteiger partial charge in [0.05, 0.1) is 17.9 Å². The van der Waals surface area contributed by atoms with Crippen molar-refractivity contribution in [2.45, 2.75) is 39.3 Å². The first-order valence-corrected chi connectivity index (χ1v) is 10.5. The van der Waals surface area contributed by atoms with Crippen molar-refractivity contribution in [3.63, 3.8) is 0 Å². The van der Waals surface area contributed by atoms with Gasteiger partial charge in [0.15, 0.2) is 5.82 Å². The van der Waals surface area contributed by atoms with E-state index < -0.39 is 0 Å². The van der Waals surface area contributed by atoms with E-state index in [9.17, 15) is 9.59 Å². The normalized spacial score (nSPS) is 17.1. The Hall–Kier alpha value is -2.74. The van der Waals surface area contributed by atoms with E-state index in [1.165, 1.54) is 0 Å². The lowest BCUT2D eigenvalue weighted by Crippen LogP contribution is -2.49. The van der Waals surface area contributed by atoms with Gasteiger partial charge in [-0.25, -0.2) is 4.98 Å². The minimum Gasteiger partial charge on any atom is -0.345 e. The molecule has 154 valence electrons. The number of nitrogens with one attached hydrogen (secondary N) is 1. The Morgan fingerprint density at radius 1 is 1.10 bits per heavy atom. The zero-order valence-electron chi connectivity index (χ0n) is 16.9. The molecule has 0 aromatic carbocycles. The molecule has 1 saturated heterocycles. The van der Waals surface area contributed by atoms with Gasteiger partial charge in [0, 0.05) is 38.9 Å². The van der Waals surface area contributed by atoms with Crippen LogP contribution in [0, 0.1) is 0 Å². The predicted molar refractivity (Wildman–Crippen MR) is 109 cm³/mol. The predicted octanol–water partition coefficient (Wildman–Crippen LogP) is 1.32. The maximum Gasteiger partial charge on any atom is 0.289 e. The van der Waals surface area contributed by atoms with Gasteiger partial charge in [0.25, 0.3) is 11.8 Å². The number of aromatic nitrogens is 3. The third kappa shape index (κ3) is 4.17. The highest BCUT2D eigenvalue weighted by Crippen LogP contribution is 2.22. The van der Waals surface area contributed by atoms with Crippen molar-refractivity contribution in [3.05, 3.63) is 47.3 Å². The summed E-state index contributed by atoms with van der Waals surface area (Å²) < 4.78 is 1.97. The van der Waals surface area contributed by atoms with E-state index in [0.717, 1.165) is 56.8 Å². The van der Waals surface area contributed by atoms with Crippen molar-refractivity contribution in [1.29, 1.82) is 0 Å². The van der Waals surface area contributed by atoms with Crippen LogP contribution in [-0.4, -0.2) is 68.9 Å². The average molecular weight is 396 g/mol. The summed E-state index contributed by atoms with van der Waals surface area (Å²) in [7, 11) is 0. The van der Waals surface area contributed by atoms with Crippen LogP contribution in [0.15, 0.2) is 24.4 Å². The summed E-state index contributed by atoms with van der Waals surface area (Å²) in [5.41, 5.74) is 2.06. The summed E-state index contributed by atoms with van der Waals surface area (Å²) in [5.74, 6) is 0.108. The van der Waals surface area contributed by atoms with E-state index in [1.807, 2.05) is 27.7 Å². The first-order valence-electron chi connectivity index (χ1n) is 10.5. The van der Waals surface area contributed by atoms with Gasteiger partial charge in [0.2, 0.25) is 0 Å². The van der Waals surface area contributed by atoms with E-state index in [4.69, 9.17) is 0 Å². The van der Waals surface area contributed by atoms with Crippen molar-refractivity contribution in [3.8, 4) is 0 Å². The number of piperazine rings is 1. The minimum atomic E-state index is -0.240. The topological polar surface area (TPSA) is 83.4 Å². The Bertz CT molecular complexity index is 871. The number of carbonyl (C=O) groups is 2. The molecule has 1 fully saturated rings. The molecule has 2 aromatic rings. The molecule has 8 nitrogen and oxygen atoms in total. The highest BCUT2D eigenvalue weighted by Gasteiger charge is 2.31. The van der Waals surface area contributed by atoms with E-state index >= 15 is 0 Å². The molecule has 2 aliphatic rings. The summed E-state index contributed by atoms with van der Waals surface area (Å²) in [4.78, 5) is 39.0. The van der Waals surface area contributed by atoms with Crippen LogP contribution >= 0.6 is 0 Å². The van der Waals surface area contributed by atoms with Gasteiger partial charge in [-0.3, -0.25) is 14.6 Å². The van der Waals surface area contributed by atoms with Gasteiger partial charge in [-0.05, 0) is 37.9 Å². The second-order valence-electron chi connectivity index (χ2n) is 7.57. The maximum atomic E-state index is 13.2. The standard InChI is InChI=1S/C21H28N6O2/c1-2-25-11-13-26(14-12-25)21(29)19-24-18(17-8-4-6-10-27(17)19)20(28)23-15-16-7-3-5-9-22-16/h3,5,7,9H,2,4,6,8,10-15H2,1H3,(H,23,28). The maximum absolute atomic E-state index is 13.2. The quantitative estimate of drug-likeness (QED) is 0.824. The lowest BCUT2D eigenvalue weighted by molar-refractivity contribution is 0.0625. The lowest BCUT2D eigenvalue weighted by atomic mass is 10.1. The molecule has 29 heavy (non-hydrogen) atoms. The third-order valence-electron chi connectivity index (χ3n) is 5.79. The first kappa shape index (κ1) is 19.6. The lowest BCUT2D eigenvalue weighted by Gasteiger charge is -2.34. The molecule has 0 bridgehead atoms. The van der Waals surface area contributed by atoms with Gasteiger partial charge < -0.3 is 19.7 Å². The molecule has 4 rings (SSSR count). The number of imidazole rings is 1. The largest absolute Gasteiger partial charge is 0.345 e. The first-order chi connectivity index (χ1) is 14.2. The number of likely N-dealkylation sites (N-methyl/N-ethyl adjacent to an activating group) is 1. The summed E-state index contributed by atoms with van der Waals surface area (Å²) >= 11 is 0. The number of pyridine rings is 1. The fourth-order valence-electron chi connectivity index (χ4n) is 4.05. The van der Waals surface area contributed by atoms with Crippen LogP contribution in [0.4, 0.5) is 0 Å². The van der Waals surface area contributed by atoms with E-state index in [-0.39, 0.29) is 11.8 Å². The number of hydrogen-bond acceptors (Lipinski definition) is 5. The van der Waals surface area contributed by atoms with Gasteiger partial charge >= 0.3 is 0 Å². The van der Waals surface area contributed by atoms with Crippen molar-refractivity contribution in [2.24, 2.45) is 0 Å². The molecular weight excluding hydrogens is 368 g/mol. The fourth-order valence-corrected chi connectivity index (χ4v) is 4.05. The number of hydrogen-bond donors (Lipinski definition) is 1. The molecule has 0 spiro atoms. The number of fused-ring (bicyclic) bond motifs is 1. The second-order valence-corrected chi connectivity index (χ2v) is 7.57. The minimum absolute atomic E-state index is 0.0623. The monoisotopic (exact) mass is 396 g/mol. The molecule has 2 aliphatic heterocycles. The summed E-state index contributed by atoms with van der Waals surface area (Å²) in [6.45, 7) is 7.40. The zero-order valence-corrected chi connectivity index (χ0v) is 16.9. The number of amides is 2. The van der Waals surface area contributed by atoms with Gasteiger partial charge in [0.1, 0.15) is 5.69 Å². The zero-order chi connectivity index (χ0) is 20.2. The number of rotatable bonds is 5. The molecule has 4 heterocycles. The average Bonchev–Trinajstić information content (AvgIpc) is 3.17. The fraction of sp³-hybridized carbons (Fsp3) is 0.524. The molecule has 0 unspecified atom stereocenters. The molecule has 0 saturated carbocycles. The van der Waals surface area contributed by atoms with Gasteiger partial charge in [-0.1, -0.05) is 13.0 Å². The summed E-state index contributed by atoms with van der Waals surface area (Å²) in [5, 5.41) is 2.90. The van der Waals surface area contributed by atoms with Crippen molar-refractivity contribution in [1.82, 2.24) is 29.7 Å². The number of nitrogens with zero attached hydrogens (tertiary/aromatic N) is 5. The van der Waals surface area contributed by atoms with Gasteiger partial charge in [-0.15, -0.1) is 0 Å². The van der Waals surface area contributed by atoms with E-state index in [0.29, 0.717) is 31.2 Å². The second kappa shape index (κ2) is 8.73. The van der Waals surface area contributed by atoms with Crippen LogP contribution in [0.5, 0.6) is 0 Å². The van der Waals surface area contributed by atoms with Crippen molar-refractivity contribution >= 4 is 11.8 Å². The van der Waals surface area contributed by atoms with Crippen molar-refractivity contribution in [2.75, 3.05) is 32.7 Å². The summed E-state index contributed by atoms with van der Waals surface area (Å²) in [6, 6.07) is 5.60. The Balaban J connectivity index is 1.52. The molecule has 0 radical (unpaired) electrons. The van der Waals surface area contributed by atoms with Crippen LogP contribution in [0.2, 0.25) is 0 Å². The van der Waals surface area contributed by atoms with Crippen LogP contribution < -0.4 is 5.32 Å². The molecule has 0 aliphatic carbocycles. The smallest absolute Gasteiger partial charge is 0.289 e. The molecule has 8 heteroatoms. The van der Waals surface area contributed by atoms with E-state index in [2.05, 4.69) is 27.1 Å². The Morgan fingerprint density at radius 2 is 1.93 bits per heavy atom. The van der Waals surface area contributed by atoms with E-state index in [1.54, 1.807) is 6.20 Å². The Labute approximate surface area is 170 Å². The molecule has 0 atom stereocenters. The SMILES string of the molecule is CCN1CCN(C(=O)c2nc(C(=O)NCc3ccccn3)c3n2CCCC3)CC1. The molecular formula is C21H28N6O2. The summed E-state index contributed by atoms with van der Waals surface area (Å²) in [6.07, 6.45) is 4.49. The molecule has 2 amide bonds. The number of carbonyl (C=O) groups excluding carboxylic acids is 2. The highest BCUT2D eigenvalue weighted by atomic mass is 16.2. The van der Waals surface area contributed by atoms with Crippen LogP contribution in [0.1, 0.15) is 52.3 Å². The highest BCUT2D eigenvalue weighted by molar-refractivity contribution is 5.97. The van der Waals surface area contributed by atoms with Crippen LogP contribution in [0.3, 0.4) is 0 Å². The van der Waals surface area contributed by atoms with Gasteiger partial charge in [-0.2, -0.15) is 0 Å². The molecule has 1 N–H and O–H groups in total.